The van der Waals surface area contributed by atoms with E-state index in [1.54, 1.807) is 48.5 Å². The average Bonchev–Trinajstić information content (AvgIpc) is 2.41. The zero-order valence-electron chi connectivity index (χ0n) is 11.5. The third-order valence-electron chi connectivity index (χ3n) is 2.61. The third-order valence-corrected chi connectivity index (χ3v) is 2.61. The van der Waals surface area contributed by atoms with E-state index in [9.17, 15) is 9.59 Å². The van der Waals surface area contributed by atoms with Gasteiger partial charge in [0.15, 0.2) is 0 Å². The molecule has 0 aliphatic rings. The number of nitrogens with one attached hydrogen (secondary N) is 3. The largest absolute Gasteiger partial charge is 0.399 e. The molecule has 2 rings (SSSR count). The second-order valence-electron chi connectivity index (χ2n) is 4.46. The Hall–Kier alpha value is -3.02. The van der Waals surface area contributed by atoms with Crippen molar-refractivity contribution in [1.29, 1.82) is 0 Å². The number of nitrogens with two attached hydrogens (primary N) is 1. The van der Waals surface area contributed by atoms with Crippen LogP contribution in [0.25, 0.3) is 0 Å². The summed E-state index contributed by atoms with van der Waals surface area (Å²) in [6.45, 7) is 1.42. The number of hydrogen-bond acceptors (Lipinski definition) is 3. The molecule has 2 aromatic rings. The topological polar surface area (TPSA) is 96.2 Å². The van der Waals surface area contributed by atoms with Crippen LogP contribution in [0, 0.1) is 0 Å². The Labute approximate surface area is 122 Å². The van der Waals surface area contributed by atoms with Crippen molar-refractivity contribution in [1.82, 2.24) is 0 Å². The van der Waals surface area contributed by atoms with Gasteiger partial charge in [0.2, 0.25) is 5.91 Å². The number of anilines is 4. The van der Waals surface area contributed by atoms with Gasteiger partial charge in [0.25, 0.3) is 0 Å². The van der Waals surface area contributed by atoms with Crippen LogP contribution < -0.4 is 21.7 Å². The second kappa shape index (κ2) is 6.42. The van der Waals surface area contributed by atoms with E-state index < -0.39 is 0 Å². The predicted octanol–water partition coefficient (Wildman–Crippen LogP) is 2.87. The molecule has 0 radical (unpaired) electrons. The molecular formula is C15H16N4O2. The molecular weight excluding hydrogens is 268 g/mol. The molecule has 0 saturated heterocycles. The van der Waals surface area contributed by atoms with E-state index in [4.69, 9.17) is 5.73 Å². The molecule has 0 atom stereocenters. The molecule has 0 fully saturated rings. The van der Waals surface area contributed by atoms with Crippen molar-refractivity contribution in [2.75, 3.05) is 21.7 Å². The van der Waals surface area contributed by atoms with Crippen molar-refractivity contribution >= 4 is 34.7 Å². The van der Waals surface area contributed by atoms with E-state index >= 15 is 0 Å². The van der Waals surface area contributed by atoms with Crippen LogP contribution in [0.2, 0.25) is 0 Å². The van der Waals surface area contributed by atoms with Crippen LogP contribution in [0.3, 0.4) is 0 Å². The molecule has 6 heteroatoms. The van der Waals surface area contributed by atoms with Gasteiger partial charge in [0.05, 0.1) is 0 Å². The molecule has 2 aromatic carbocycles. The molecule has 0 heterocycles. The average molecular weight is 284 g/mol. The minimum Gasteiger partial charge on any atom is -0.399 e. The first-order valence-corrected chi connectivity index (χ1v) is 6.34. The summed E-state index contributed by atoms with van der Waals surface area (Å²) in [5.74, 6) is -0.168. The van der Waals surface area contributed by atoms with Gasteiger partial charge in [-0.3, -0.25) is 4.79 Å². The summed E-state index contributed by atoms with van der Waals surface area (Å²) in [4.78, 5) is 22.9. The van der Waals surface area contributed by atoms with Crippen molar-refractivity contribution in [3.8, 4) is 0 Å². The standard InChI is InChI=1S/C15H16N4O2/c1-10(20)17-13-3-2-4-14(9-13)19-15(21)18-12-7-5-11(16)6-8-12/h2-9H,16H2,1H3,(H,17,20)(H2,18,19,21). The van der Waals surface area contributed by atoms with Gasteiger partial charge in [-0.1, -0.05) is 6.07 Å². The molecule has 0 unspecified atom stereocenters. The Morgan fingerprint density at radius 3 is 2.05 bits per heavy atom. The molecule has 0 bridgehead atoms. The highest BCUT2D eigenvalue weighted by molar-refractivity contribution is 6.00. The van der Waals surface area contributed by atoms with Gasteiger partial charge in [-0.2, -0.15) is 0 Å². The van der Waals surface area contributed by atoms with Crippen LogP contribution in [-0.2, 0) is 4.79 Å². The summed E-state index contributed by atoms with van der Waals surface area (Å²) in [6.07, 6.45) is 0. The Morgan fingerprint density at radius 1 is 0.857 bits per heavy atom. The number of carbonyl (C=O) groups excluding carboxylic acids is 2. The SMILES string of the molecule is CC(=O)Nc1cccc(NC(=O)Nc2ccc(N)cc2)c1. The van der Waals surface area contributed by atoms with Crippen molar-refractivity contribution in [2.24, 2.45) is 0 Å². The van der Waals surface area contributed by atoms with E-state index in [1.165, 1.54) is 6.92 Å². The maximum absolute atomic E-state index is 11.9. The van der Waals surface area contributed by atoms with Gasteiger partial charge >= 0.3 is 6.03 Å². The number of nitrogen functional groups attached to an aromatic ring is 1. The van der Waals surface area contributed by atoms with E-state index in [2.05, 4.69) is 16.0 Å². The first kappa shape index (κ1) is 14.4. The molecule has 0 saturated carbocycles. The molecule has 0 spiro atoms. The number of urea groups is 1. The molecule has 6 nitrogen and oxygen atoms in total. The zero-order chi connectivity index (χ0) is 15.2. The Balaban J connectivity index is 1.99. The molecule has 108 valence electrons. The highest BCUT2D eigenvalue weighted by atomic mass is 16.2. The van der Waals surface area contributed by atoms with Gasteiger partial charge in [0.1, 0.15) is 0 Å². The minimum atomic E-state index is -0.375. The highest BCUT2D eigenvalue weighted by Gasteiger charge is 2.04. The van der Waals surface area contributed by atoms with Gasteiger partial charge in [0, 0.05) is 29.7 Å². The quantitative estimate of drug-likeness (QED) is 0.652. The Morgan fingerprint density at radius 2 is 1.43 bits per heavy atom. The van der Waals surface area contributed by atoms with Crippen LogP contribution in [0.1, 0.15) is 6.92 Å². The number of rotatable bonds is 3. The first-order chi connectivity index (χ1) is 10.0. The van der Waals surface area contributed by atoms with Crippen LogP contribution in [0.15, 0.2) is 48.5 Å². The summed E-state index contributed by atoms with van der Waals surface area (Å²) in [7, 11) is 0. The smallest absolute Gasteiger partial charge is 0.323 e. The lowest BCUT2D eigenvalue weighted by Crippen LogP contribution is -2.19. The normalized spacial score (nSPS) is 9.76. The van der Waals surface area contributed by atoms with Crippen molar-refractivity contribution in [3.63, 3.8) is 0 Å². The van der Waals surface area contributed by atoms with Crippen LogP contribution >= 0.6 is 0 Å². The summed E-state index contributed by atoms with van der Waals surface area (Å²) < 4.78 is 0. The number of benzene rings is 2. The summed E-state index contributed by atoms with van der Waals surface area (Å²) >= 11 is 0. The Kier molecular flexibility index (Phi) is 4.40. The first-order valence-electron chi connectivity index (χ1n) is 6.34. The molecule has 0 aromatic heterocycles. The lowest BCUT2D eigenvalue weighted by molar-refractivity contribution is -0.114. The maximum Gasteiger partial charge on any atom is 0.323 e. The fraction of sp³-hybridized carbons (Fsp3) is 0.0667. The number of hydrogen-bond donors (Lipinski definition) is 4. The summed E-state index contributed by atoms with van der Waals surface area (Å²) in [6, 6.07) is 13.3. The maximum atomic E-state index is 11.9. The van der Waals surface area contributed by atoms with Crippen LogP contribution in [-0.4, -0.2) is 11.9 Å². The molecule has 5 N–H and O–H groups in total. The lowest BCUT2D eigenvalue weighted by Gasteiger charge is -2.09. The monoisotopic (exact) mass is 284 g/mol. The fourth-order valence-electron chi connectivity index (χ4n) is 1.74. The Bertz CT molecular complexity index is 653. The van der Waals surface area contributed by atoms with Gasteiger partial charge in [-0.15, -0.1) is 0 Å². The fourth-order valence-corrected chi connectivity index (χ4v) is 1.74. The number of amides is 3. The summed E-state index contributed by atoms with van der Waals surface area (Å²) in [5.41, 5.74) is 8.04. The van der Waals surface area contributed by atoms with E-state index in [0.29, 0.717) is 22.7 Å². The van der Waals surface area contributed by atoms with Gasteiger partial charge in [-0.05, 0) is 42.5 Å². The van der Waals surface area contributed by atoms with Crippen molar-refractivity contribution in [2.45, 2.75) is 6.92 Å². The lowest BCUT2D eigenvalue weighted by atomic mass is 10.2. The van der Waals surface area contributed by atoms with E-state index in [-0.39, 0.29) is 11.9 Å². The summed E-state index contributed by atoms with van der Waals surface area (Å²) in [5, 5.41) is 8.02. The molecule has 0 aliphatic carbocycles. The molecule has 0 aliphatic heterocycles. The van der Waals surface area contributed by atoms with E-state index in [1.807, 2.05) is 0 Å². The van der Waals surface area contributed by atoms with Crippen LogP contribution in [0.4, 0.5) is 27.5 Å². The van der Waals surface area contributed by atoms with Gasteiger partial charge in [-0.25, -0.2) is 4.79 Å². The second-order valence-corrected chi connectivity index (χ2v) is 4.46. The number of carbonyl (C=O) groups is 2. The van der Waals surface area contributed by atoms with E-state index in [0.717, 1.165) is 0 Å². The predicted molar refractivity (Wildman–Crippen MR) is 84.2 cm³/mol. The van der Waals surface area contributed by atoms with Crippen molar-refractivity contribution < 1.29 is 9.59 Å². The van der Waals surface area contributed by atoms with Gasteiger partial charge < -0.3 is 21.7 Å². The molecule has 21 heavy (non-hydrogen) atoms. The third kappa shape index (κ3) is 4.54. The minimum absolute atomic E-state index is 0.168. The van der Waals surface area contributed by atoms with Crippen molar-refractivity contribution in [3.05, 3.63) is 48.5 Å². The zero-order valence-corrected chi connectivity index (χ0v) is 11.5. The molecule has 3 amide bonds. The highest BCUT2D eigenvalue weighted by Crippen LogP contribution is 2.16. The van der Waals surface area contributed by atoms with Crippen LogP contribution in [0.5, 0.6) is 0 Å².